The van der Waals surface area contributed by atoms with Crippen LogP contribution in [0, 0.1) is 0 Å². The van der Waals surface area contributed by atoms with Gasteiger partial charge in [-0.15, -0.1) is 0 Å². The van der Waals surface area contributed by atoms with Gasteiger partial charge in [-0.3, -0.25) is 4.79 Å². The van der Waals surface area contributed by atoms with Gasteiger partial charge in [0.15, 0.2) is 0 Å². The normalized spacial score (nSPS) is 11.9. The van der Waals surface area contributed by atoms with Crippen LogP contribution in [0.4, 0.5) is 0 Å². The molecule has 1 N–H and O–H groups in total. The maximum absolute atomic E-state index is 10.6. The van der Waals surface area contributed by atoms with Crippen molar-refractivity contribution in [2.45, 2.75) is 108 Å². The third kappa shape index (κ3) is 18.6. The van der Waals surface area contributed by atoms with Crippen molar-refractivity contribution >= 4 is 41.7 Å². The van der Waals surface area contributed by atoms with Gasteiger partial charge < -0.3 is 5.11 Å². The van der Waals surface area contributed by atoms with Crippen LogP contribution in [-0.2, 0) is 4.79 Å². The number of aliphatic carboxylic acids is 1. The Morgan fingerprint density at radius 3 is 1.41 bits per heavy atom. The number of thiol groups is 1. The quantitative estimate of drug-likeness (QED) is 0.226. The summed E-state index contributed by atoms with van der Waals surface area (Å²) < 4.78 is 0. The first-order valence-electron chi connectivity index (χ1n) is 9.09. The van der Waals surface area contributed by atoms with Crippen molar-refractivity contribution in [3.63, 3.8) is 0 Å². The number of carboxylic acid groups (broad SMARTS) is 1. The van der Waals surface area contributed by atoms with Crippen LogP contribution in [0.15, 0.2) is 0 Å². The van der Waals surface area contributed by atoms with E-state index in [1.54, 1.807) is 0 Å². The zero-order valence-electron chi connectivity index (χ0n) is 14.0. The highest BCUT2D eigenvalue weighted by atomic mass is 32.1. The molecule has 22 heavy (non-hydrogen) atoms. The predicted octanol–water partition coefficient (Wildman–Crippen LogP) is 5.32. The van der Waals surface area contributed by atoms with Gasteiger partial charge in [0, 0.05) is 0 Å². The van der Waals surface area contributed by atoms with Crippen molar-refractivity contribution in [2.24, 2.45) is 0 Å². The van der Waals surface area contributed by atoms with Gasteiger partial charge in [-0.1, -0.05) is 96.8 Å². The molecule has 0 saturated heterocycles. The standard InChI is InChI=1S/C18H36O2S.Mg.2H/c1-2-3-4-5-6-7-8-9-10-11-12-13-14-15-16-17(21)18(19)20;;;/h17,21H,2-16H2,1H3,(H,19,20);;;. The molecular formula is C18H38MgO2S. The summed E-state index contributed by atoms with van der Waals surface area (Å²) in [7, 11) is 0. The van der Waals surface area contributed by atoms with Crippen molar-refractivity contribution < 1.29 is 9.90 Å². The fraction of sp³-hybridized carbons (Fsp3) is 0.944. The van der Waals surface area contributed by atoms with Gasteiger partial charge in [0.25, 0.3) is 0 Å². The van der Waals surface area contributed by atoms with Crippen LogP contribution in [0.1, 0.15) is 103 Å². The summed E-state index contributed by atoms with van der Waals surface area (Å²) in [4.78, 5) is 10.6. The monoisotopic (exact) mass is 342 g/mol. The second-order valence-corrected chi connectivity index (χ2v) is 6.86. The molecule has 2 nitrogen and oxygen atoms in total. The van der Waals surface area contributed by atoms with Crippen LogP contribution in [0.3, 0.4) is 0 Å². The Bertz CT molecular complexity index is 237. The average molecular weight is 343 g/mol. The SMILES string of the molecule is CCCCCCCCCCCCCCCCC(S)C(=O)O.[MgH2]. The van der Waals surface area contributed by atoms with Crippen LogP contribution in [0.5, 0.6) is 0 Å². The highest BCUT2D eigenvalue weighted by molar-refractivity contribution is 7.81. The molecule has 130 valence electrons. The molecule has 0 rings (SSSR count). The molecular weight excluding hydrogens is 305 g/mol. The predicted molar refractivity (Wildman–Crippen MR) is 104 cm³/mol. The lowest BCUT2D eigenvalue weighted by atomic mass is 10.0. The van der Waals surface area contributed by atoms with Gasteiger partial charge in [0.1, 0.15) is 0 Å². The molecule has 0 aromatic carbocycles. The third-order valence-corrected chi connectivity index (χ3v) is 4.60. The van der Waals surface area contributed by atoms with Gasteiger partial charge in [0.05, 0.1) is 5.25 Å². The van der Waals surface area contributed by atoms with Crippen molar-refractivity contribution in [1.82, 2.24) is 0 Å². The molecule has 0 aliphatic heterocycles. The van der Waals surface area contributed by atoms with Crippen molar-refractivity contribution in [3.05, 3.63) is 0 Å². The maximum atomic E-state index is 10.6. The Morgan fingerprint density at radius 2 is 1.09 bits per heavy atom. The highest BCUT2D eigenvalue weighted by Crippen LogP contribution is 2.14. The van der Waals surface area contributed by atoms with Gasteiger partial charge in [0.2, 0.25) is 0 Å². The molecule has 4 heteroatoms. The molecule has 0 amide bonds. The van der Waals surface area contributed by atoms with E-state index in [9.17, 15) is 4.79 Å². The molecule has 0 aliphatic rings. The number of rotatable bonds is 16. The van der Waals surface area contributed by atoms with E-state index < -0.39 is 11.2 Å². The van der Waals surface area contributed by atoms with Crippen LogP contribution in [0.2, 0.25) is 0 Å². The second kappa shape index (κ2) is 19.6. The Hall–Kier alpha value is 0.586. The third-order valence-electron chi connectivity index (χ3n) is 4.12. The molecule has 0 spiro atoms. The van der Waals surface area contributed by atoms with Gasteiger partial charge in [-0.2, -0.15) is 12.6 Å². The van der Waals surface area contributed by atoms with E-state index in [4.69, 9.17) is 5.11 Å². The highest BCUT2D eigenvalue weighted by Gasteiger charge is 2.10. The van der Waals surface area contributed by atoms with E-state index in [0.29, 0.717) is 6.42 Å². The summed E-state index contributed by atoms with van der Waals surface area (Å²) in [5.74, 6) is -0.784. The molecule has 0 heterocycles. The molecule has 0 aromatic heterocycles. The van der Waals surface area contributed by atoms with E-state index in [2.05, 4.69) is 19.6 Å². The van der Waals surface area contributed by atoms with E-state index >= 15 is 0 Å². The second-order valence-electron chi connectivity index (χ2n) is 6.24. The summed E-state index contributed by atoms with van der Waals surface area (Å²) in [6.07, 6.45) is 19.4. The zero-order valence-corrected chi connectivity index (χ0v) is 14.9. The first-order valence-corrected chi connectivity index (χ1v) is 9.61. The lowest BCUT2D eigenvalue weighted by Gasteiger charge is -2.05. The van der Waals surface area contributed by atoms with Crippen molar-refractivity contribution in [3.8, 4) is 0 Å². The zero-order chi connectivity index (χ0) is 15.8. The first-order chi connectivity index (χ1) is 10.2. The first kappa shape index (κ1) is 24.8. The fourth-order valence-electron chi connectivity index (χ4n) is 2.66. The fourth-order valence-corrected chi connectivity index (χ4v) is 2.84. The summed E-state index contributed by atoms with van der Waals surface area (Å²) in [5.41, 5.74) is 0. The molecule has 0 radical (unpaired) electrons. The maximum Gasteiger partial charge on any atom is 0.316 e. The lowest BCUT2D eigenvalue weighted by Crippen LogP contribution is -2.12. The molecule has 1 unspecified atom stereocenters. The van der Waals surface area contributed by atoms with Gasteiger partial charge in [-0.05, 0) is 6.42 Å². The molecule has 1 atom stereocenters. The Balaban J connectivity index is 0. The molecule has 0 fully saturated rings. The Morgan fingerprint density at radius 1 is 0.773 bits per heavy atom. The van der Waals surface area contributed by atoms with Crippen LogP contribution >= 0.6 is 12.6 Å². The molecule has 0 aromatic rings. The van der Waals surface area contributed by atoms with E-state index in [1.165, 1.54) is 77.0 Å². The smallest absolute Gasteiger partial charge is 0.316 e. The van der Waals surface area contributed by atoms with E-state index in [1.807, 2.05) is 0 Å². The van der Waals surface area contributed by atoms with E-state index in [0.717, 1.165) is 12.8 Å². The summed E-state index contributed by atoms with van der Waals surface area (Å²) >= 11 is 4.04. The van der Waals surface area contributed by atoms with Crippen LogP contribution in [-0.4, -0.2) is 39.4 Å². The lowest BCUT2D eigenvalue weighted by molar-refractivity contribution is -0.136. The minimum absolute atomic E-state index is 0. The summed E-state index contributed by atoms with van der Waals surface area (Å²) in [6, 6.07) is 0. The van der Waals surface area contributed by atoms with Crippen LogP contribution in [0.25, 0.3) is 0 Å². The minimum Gasteiger partial charge on any atom is -0.480 e. The number of carboxylic acids is 1. The minimum atomic E-state index is -0.784. The summed E-state index contributed by atoms with van der Waals surface area (Å²) in [6.45, 7) is 2.27. The Kier molecular flexibility index (Phi) is 22.2. The largest absolute Gasteiger partial charge is 0.480 e. The number of carbonyl (C=O) groups is 1. The topological polar surface area (TPSA) is 37.3 Å². The van der Waals surface area contributed by atoms with Crippen LogP contribution < -0.4 is 0 Å². The Labute approximate surface area is 159 Å². The average Bonchev–Trinajstić information content (AvgIpc) is 2.47. The molecule has 0 aliphatic carbocycles. The molecule has 0 saturated carbocycles. The van der Waals surface area contributed by atoms with Gasteiger partial charge in [-0.25, -0.2) is 0 Å². The van der Waals surface area contributed by atoms with Gasteiger partial charge >= 0.3 is 29.0 Å². The number of unbranched alkanes of at least 4 members (excludes halogenated alkanes) is 13. The number of hydrogen-bond acceptors (Lipinski definition) is 2. The summed E-state index contributed by atoms with van der Waals surface area (Å²) in [5, 5.41) is 8.24. The van der Waals surface area contributed by atoms with E-state index in [-0.39, 0.29) is 23.1 Å². The molecule has 0 bridgehead atoms. The van der Waals surface area contributed by atoms with Crippen molar-refractivity contribution in [2.75, 3.05) is 0 Å². The van der Waals surface area contributed by atoms with Crippen molar-refractivity contribution in [1.29, 1.82) is 0 Å². The number of hydrogen-bond donors (Lipinski definition) is 2.